The zero-order chi connectivity index (χ0) is 27.2. The van der Waals surface area contributed by atoms with Crippen LogP contribution >= 0.6 is 0 Å². The van der Waals surface area contributed by atoms with Crippen LogP contribution < -0.4 is 5.73 Å². The van der Waals surface area contributed by atoms with Gasteiger partial charge < -0.3 is 10.5 Å². The van der Waals surface area contributed by atoms with Gasteiger partial charge in [-0.15, -0.1) is 0 Å². The smallest absolute Gasteiger partial charge is 0.188 e. The predicted molar refractivity (Wildman–Crippen MR) is 140 cm³/mol. The van der Waals surface area contributed by atoms with Crippen LogP contribution in [0.25, 0.3) is 0 Å². The highest BCUT2D eigenvalue weighted by atomic mass is 19.1. The Bertz CT molecular complexity index is 1090. The number of nitrogens with zero attached hydrogens (tertiary/aromatic N) is 1. The van der Waals surface area contributed by atoms with Crippen molar-refractivity contribution >= 4 is 11.6 Å². The summed E-state index contributed by atoms with van der Waals surface area (Å²) in [7, 11) is 0. The molecule has 5 nitrogen and oxygen atoms in total. The van der Waals surface area contributed by atoms with Crippen molar-refractivity contribution in [1.82, 2.24) is 0 Å². The van der Waals surface area contributed by atoms with Crippen LogP contribution in [0.3, 0.4) is 0 Å². The van der Waals surface area contributed by atoms with Crippen LogP contribution in [0.15, 0.2) is 11.6 Å². The number of nitriles is 1. The normalized spacial score (nSPS) is 50.6. The fourth-order valence-electron chi connectivity index (χ4n) is 10.5. The summed E-state index contributed by atoms with van der Waals surface area (Å²) in [5, 5.41) is 9.81. The van der Waals surface area contributed by atoms with E-state index < -0.39 is 23.7 Å². The van der Waals surface area contributed by atoms with Gasteiger partial charge in [0.1, 0.15) is 11.9 Å². The minimum Gasteiger partial charge on any atom is -0.350 e. The summed E-state index contributed by atoms with van der Waals surface area (Å²) in [5.74, 6) is -0.311. The highest BCUT2D eigenvalue weighted by molar-refractivity contribution is 6.02. The van der Waals surface area contributed by atoms with Gasteiger partial charge in [0.15, 0.2) is 12.6 Å². The van der Waals surface area contributed by atoms with Gasteiger partial charge >= 0.3 is 0 Å². The highest BCUT2D eigenvalue weighted by Gasteiger charge is 2.73. The Morgan fingerprint density at radius 2 is 1.70 bits per heavy atom. The first-order valence-corrected chi connectivity index (χ1v) is 14.3. The van der Waals surface area contributed by atoms with Crippen molar-refractivity contribution in [1.29, 1.82) is 5.26 Å². The number of hydrogen-bond acceptors (Lipinski definition) is 5. The molecule has 0 amide bonds. The second-order valence-electron chi connectivity index (χ2n) is 14.9. The molecule has 9 atom stereocenters. The van der Waals surface area contributed by atoms with Crippen molar-refractivity contribution in [3.8, 4) is 6.07 Å². The lowest BCUT2D eigenvalue weighted by Gasteiger charge is -2.73. The standard InChI is InChI=1S/C31H45FN2O3/c1-19-25(36)20(16-33)14-29(6)23-13-22(35)24-21-15-26(2,3)7-10-30(21,17-37-18-32)11-8-28(24,5)27(23,4)9-12-31(19,29)34/h14,19,21,23-24H,7-13,15,17-18,34H2,1-6H3/t19-,21?,23+,24?,27-,28-,29-,30-,31-/m1/s1. The van der Waals surface area contributed by atoms with E-state index in [0.29, 0.717) is 25.2 Å². The summed E-state index contributed by atoms with van der Waals surface area (Å²) in [5.41, 5.74) is 5.51. The van der Waals surface area contributed by atoms with Crippen LogP contribution in [0, 0.1) is 62.1 Å². The molecule has 0 radical (unpaired) electrons. The molecule has 0 aromatic rings. The summed E-state index contributed by atoms with van der Waals surface area (Å²) in [6.07, 6.45) is 8.66. The molecule has 5 aliphatic carbocycles. The SMILES string of the molecule is C[C@@H]1C(=O)C(C#N)=C[C@]2(C)[C@H]3CC(=O)C4C5CC(C)(C)CC[C@]5(COCF)CC[C@@]4(C)[C@]3(C)CC[C@@]12N. The first kappa shape index (κ1) is 27.0. The van der Waals surface area contributed by atoms with Gasteiger partial charge in [-0.2, -0.15) is 5.26 Å². The Hall–Kier alpha value is -1.58. The van der Waals surface area contributed by atoms with Gasteiger partial charge in [-0.05, 0) is 78.4 Å². The third-order valence-corrected chi connectivity index (χ3v) is 13.2. The number of Topliss-reactive ketones (excluding diaryl/α,β-unsaturated/α-hetero) is 2. The summed E-state index contributed by atoms with van der Waals surface area (Å²) in [4.78, 5) is 27.4. The molecule has 0 saturated heterocycles. The van der Waals surface area contributed by atoms with Crippen molar-refractivity contribution in [2.75, 3.05) is 13.5 Å². The average Bonchev–Trinajstić information content (AvgIpc) is 2.84. The third-order valence-electron chi connectivity index (χ3n) is 13.2. The van der Waals surface area contributed by atoms with Gasteiger partial charge in [-0.3, -0.25) is 9.59 Å². The van der Waals surface area contributed by atoms with Crippen molar-refractivity contribution in [3.63, 3.8) is 0 Å². The van der Waals surface area contributed by atoms with E-state index in [2.05, 4.69) is 40.7 Å². The van der Waals surface area contributed by atoms with Gasteiger partial charge in [-0.25, -0.2) is 4.39 Å². The summed E-state index contributed by atoms with van der Waals surface area (Å²) < 4.78 is 18.7. The van der Waals surface area contributed by atoms with Crippen molar-refractivity contribution in [2.45, 2.75) is 98.4 Å². The number of nitrogens with two attached hydrogens (primary N) is 1. The number of rotatable bonds is 3. The molecule has 6 heteroatoms. The lowest BCUT2D eigenvalue weighted by Crippen LogP contribution is -2.74. The zero-order valence-corrected chi connectivity index (χ0v) is 23.6. The zero-order valence-electron chi connectivity index (χ0n) is 23.6. The van der Waals surface area contributed by atoms with Crippen LogP contribution in [-0.4, -0.2) is 30.6 Å². The van der Waals surface area contributed by atoms with Crippen LogP contribution in [0.4, 0.5) is 4.39 Å². The molecular formula is C31H45FN2O3. The van der Waals surface area contributed by atoms with Crippen LogP contribution in [0.1, 0.15) is 92.9 Å². The lowest BCUT2D eigenvalue weighted by molar-refractivity contribution is -0.228. The first-order chi connectivity index (χ1) is 17.1. The summed E-state index contributed by atoms with van der Waals surface area (Å²) in [6.45, 7) is 12.9. The van der Waals surface area contributed by atoms with E-state index in [1.165, 1.54) is 0 Å². The molecule has 0 aromatic heterocycles. The van der Waals surface area contributed by atoms with E-state index in [0.717, 1.165) is 38.5 Å². The van der Waals surface area contributed by atoms with E-state index in [4.69, 9.17) is 10.5 Å². The maximum atomic E-state index is 14.4. The van der Waals surface area contributed by atoms with Gasteiger partial charge in [0, 0.05) is 29.2 Å². The van der Waals surface area contributed by atoms with Crippen molar-refractivity contribution in [2.24, 2.45) is 56.5 Å². The monoisotopic (exact) mass is 512 g/mol. The topological polar surface area (TPSA) is 93.2 Å². The number of carbonyl (C=O) groups excluding carboxylic acids is 2. The van der Waals surface area contributed by atoms with Gasteiger partial charge in [0.2, 0.25) is 0 Å². The van der Waals surface area contributed by atoms with E-state index >= 15 is 0 Å². The van der Waals surface area contributed by atoms with Gasteiger partial charge in [0.05, 0.1) is 12.2 Å². The van der Waals surface area contributed by atoms with Crippen molar-refractivity contribution < 1.29 is 18.7 Å². The van der Waals surface area contributed by atoms with E-state index in [-0.39, 0.29) is 50.8 Å². The molecule has 5 rings (SSSR count). The molecule has 0 aliphatic heterocycles. The van der Waals surface area contributed by atoms with E-state index in [1.807, 2.05) is 13.0 Å². The van der Waals surface area contributed by atoms with Crippen LogP contribution in [0.5, 0.6) is 0 Å². The maximum Gasteiger partial charge on any atom is 0.188 e. The number of halogens is 1. The van der Waals surface area contributed by atoms with E-state index in [9.17, 15) is 19.2 Å². The molecule has 5 aliphatic rings. The minimum absolute atomic E-state index is 0.0439. The number of alkyl halides is 1. The molecule has 204 valence electrons. The second-order valence-corrected chi connectivity index (χ2v) is 14.9. The molecule has 0 aromatic carbocycles. The number of ether oxygens (including phenoxy) is 1. The number of hydrogen-bond donors (Lipinski definition) is 1. The van der Waals surface area contributed by atoms with Gasteiger partial charge in [0.25, 0.3) is 0 Å². The Morgan fingerprint density at radius 1 is 1.05 bits per heavy atom. The largest absolute Gasteiger partial charge is 0.350 e. The number of ketones is 2. The molecule has 0 spiro atoms. The molecule has 2 N–H and O–H groups in total. The van der Waals surface area contributed by atoms with Crippen LogP contribution in [-0.2, 0) is 14.3 Å². The minimum atomic E-state index is -0.783. The van der Waals surface area contributed by atoms with E-state index in [1.54, 1.807) is 0 Å². The third kappa shape index (κ3) is 3.32. The lowest BCUT2D eigenvalue weighted by atomic mass is 9.31. The summed E-state index contributed by atoms with van der Waals surface area (Å²) in [6, 6.07) is 2.14. The molecular weight excluding hydrogens is 467 g/mol. The molecule has 2 unspecified atom stereocenters. The highest BCUT2D eigenvalue weighted by Crippen LogP contribution is 2.75. The Kier molecular flexibility index (Phi) is 5.99. The number of carbonyl (C=O) groups is 2. The molecule has 0 heterocycles. The number of allylic oxidation sites excluding steroid dienone is 1. The fourth-order valence-corrected chi connectivity index (χ4v) is 10.5. The van der Waals surface area contributed by atoms with Gasteiger partial charge in [-0.1, -0.05) is 47.6 Å². The Morgan fingerprint density at radius 3 is 2.35 bits per heavy atom. The fraction of sp³-hybridized carbons (Fsp3) is 0.839. The molecule has 4 fully saturated rings. The predicted octanol–water partition coefficient (Wildman–Crippen LogP) is 5.92. The maximum absolute atomic E-state index is 14.4. The molecule has 37 heavy (non-hydrogen) atoms. The van der Waals surface area contributed by atoms with Crippen LogP contribution in [0.2, 0.25) is 0 Å². The number of fused-ring (bicyclic) bond motifs is 7. The average molecular weight is 513 g/mol. The molecule has 0 bridgehead atoms. The second kappa shape index (κ2) is 8.21. The summed E-state index contributed by atoms with van der Waals surface area (Å²) >= 11 is 0. The Balaban J connectivity index is 1.62. The Labute approximate surface area is 221 Å². The molecule has 4 saturated carbocycles. The first-order valence-electron chi connectivity index (χ1n) is 14.3. The quantitative estimate of drug-likeness (QED) is 0.507. The van der Waals surface area contributed by atoms with Crippen molar-refractivity contribution in [3.05, 3.63) is 11.6 Å².